The molecular weight excluding hydrogens is 282 g/mol. The molecular formula is C14H22ClNO2S. The Balaban J connectivity index is 2.73. The molecule has 0 aromatic heterocycles. The highest BCUT2D eigenvalue weighted by molar-refractivity contribution is 7.90. The van der Waals surface area contributed by atoms with Crippen LogP contribution in [0.2, 0.25) is 5.02 Å². The maximum atomic E-state index is 11.2. The van der Waals surface area contributed by atoms with E-state index < -0.39 is 9.84 Å². The Labute approximate surface area is 121 Å². The van der Waals surface area contributed by atoms with E-state index in [0.29, 0.717) is 6.42 Å². The van der Waals surface area contributed by atoms with Crippen LogP contribution in [0.25, 0.3) is 0 Å². The van der Waals surface area contributed by atoms with E-state index in [1.54, 1.807) is 0 Å². The number of hydrogen-bond donors (Lipinski definition) is 1. The van der Waals surface area contributed by atoms with Crippen LogP contribution in [0.15, 0.2) is 18.2 Å². The molecule has 1 atom stereocenters. The zero-order valence-corrected chi connectivity index (χ0v) is 13.3. The summed E-state index contributed by atoms with van der Waals surface area (Å²) in [5.74, 6) is 0.238. The van der Waals surface area contributed by atoms with Gasteiger partial charge in [-0.2, -0.15) is 0 Å². The van der Waals surface area contributed by atoms with Crippen LogP contribution in [0.5, 0.6) is 0 Å². The van der Waals surface area contributed by atoms with E-state index in [1.165, 1.54) is 6.26 Å². The van der Waals surface area contributed by atoms with E-state index in [9.17, 15) is 8.42 Å². The maximum absolute atomic E-state index is 11.2. The third kappa shape index (κ3) is 5.93. The van der Waals surface area contributed by atoms with Crippen LogP contribution in [-0.2, 0) is 9.84 Å². The molecule has 1 rings (SSSR count). The normalized spacial score (nSPS) is 13.5. The van der Waals surface area contributed by atoms with Gasteiger partial charge in [-0.15, -0.1) is 0 Å². The summed E-state index contributed by atoms with van der Waals surface area (Å²) in [7, 11) is -2.88. The molecule has 1 unspecified atom stereocenters. The molecule has 0 heterocycles. The lowest BCUT2D eigenvalue weighted by Crippen LogP contribution is -2.21. The number of nitrogens with one attached hydrogen (secondary N) is 1. The van der Waals surface area contributed by atoms with Crippen molar-refractivity contribution in [2.24, 2.45) is 0 Å². The number of halogens is 1. The summed E-state index contributed by atoms with van der Waals surface area (Å²) in [6.07, 6.45) is 2.75. The molecule has 3 nitrogen and oxygen atoms in total. The predicted octanol–water partition coefficient (Wildman–Crippen LogP) is 3.12. The summed E-state index contributed by atoms with van der Waals surface area (Å²) < 4.78 is 22.3. The van der Waals surface area contributed by atoms with Crippen molar-refractivity contribution >= 4 is 21.4 Å². The fourth-order valence-electron chi connectivity index (χ4n) is 2.07. The minimum absolute atomic E-state index is 0.183. The zero-order chi connectivity index (χ0) is 14.5. The van der Waals surface area contributed by atoms with Gasteiger partial charge in [0.1, 0.15) is 9.84 Å². The van der Waals surface area contributed by atoms with Crippen LogP contribution in [0.3, 0.4) is 0 Å². The van der Waals surface area contributed by atoms with Crippen molar-refractivity contribution in [1.29, 1.82) is 0 Å². The lowest BCUT2D eigenvalue weighted by atomic mass is 10.0. The SMILES string of the molecule is CCNC(CCCS(C)(=O)=O)c1ccc(Cl)c(C)c1. The number of sulfone groups is 1. The molecule has 0 bridgehead atoms. The van der Waals surface area contributed by atoms with Gasteiger partial charge >= 0.3 is 0 Å². The first kappa shape index (κ1) is 16.5. The summed E-state index contributed by atoms with van der Waals surface area (Å²) in [6, 6.07) is 6.15. The predicted molar refractivity (Wildman–Crippen MR) is 81.6 cm³/mol. The summed E-state index contributed by atoms with van der Waals surface area (Å²) in [6.45, 7) is 4.88. The van der Waals surface area contributed by atoms with Gasteiger partial charge < -0.3 is 5.32 Å². The van der Waals surface area contributed by atoms with E-state index in [-0.39, 0.29) is 11.8 Å². The van der Waals surface area contributed by atoms with Crippen molar-refractivity contribution in [2.45, 2.75) is 32.7 Å². The number of rotatable bonds is 7. The van der Waals surface area contributed by atoms with Gasteiger partial charge in [-0.3, -0.25) is 0 Å². The molecule has 1 aromatic carbocycles. The molecule has 1 N–H and O–H groups in total. The quantitative estimate of drug-likeness (QED) is 0.842. The maximum Gasteiger partial charge on any atom is 0.147 e. The van der Waals surface area contributed by atoms with Crippen LogP contribution in [0.1, 0.15) is 36.9 Å². The molecule has 0 aliphatic heterocycles. The molecule has 0 radical (unpaired) electrons. The first-order valence-corrected chi connectivity index (χ1v) is 8.94. The van der Waals surface area contributed by atoms with Crippen LogP contribution in [-0.4, -0.2) is 27.0 Å². The van der Waals surface area contributed by atoms with Crippen molar-refractivity contribution in [3.63, 3.8) is 0 Å². The second-order valence-corrected chi connectivity index (χ2v) is 7.56. The van der Waals surface area contributed by atoms with Crippen molar-refractivity contribution in [2.75, 3.05) is 18.6 Å². The van der Waals surface area contributed by atoms with E-state index in [1.807, 2.05) is 26.0 Å². The average Bonchev–Trinajstić information content (AvgIpc) is 2.30. The monoisotopic (exact) mass is 303 g/mol. The van der Waals surface area contributed by atoms with Gasteiger partial charge in [0.15, 0.2) is 0 Å². The van der Waals surface area contributed by atoms with Crippen LogP contribution in [0, 0.1) is 6.92 Å². The van der Waals surface area contributed by atoms with Crippen LogP contribution < -0.4 is 5.32 Å². The number of benzene rings is 1. The lowest BCUT2D eigenvalue weighted by molar-refractivity contribution is 0.507. The molecule has 0 aliphatic rings. The highest BCUT2D eigenvalue weighted by Gasteiger charge is 2.12. The molecule has 19 heavy (non-hydrogen) atoms. The molecule has 0 saturated heterocycles. The first-order valence-electron chi connectivity index (χ1n) is 6.50. The summed E-state index contributed by atoms with van der Waals surface area (Å²) in [5.41, 5.74) is 2.21. The average molecular weight is 304 g/mol. The van der Waals surface area contributed by atoms with Crippen molar-refractivity contribution in [1.82, 2.24) is 5.32 Å². The molecule has 5 heteroatoms. The molecule has 0 aliphatic carbocycles. The Bertz CT molecular complexity index is 514. The molecule has 108 valence electrons. The summed E-state index contributed by atoms with van der Waals surface area (Å²) in [5, 5.41) is 4.15. The van der Waals surface area contributed by atoms with Crippen molar-refractivity contribution in [3.05, 3.63) is 34.3 Å². The third-order valence-corrected chi connectivity index (χ3v) is 4.50. The summed E-state index contributed by atoms with van der Waals surface area (Å²) >= 11 is 6.03. The Kier molecular flexibility index (Phi) is 6.30. The smallest absolute Gasteiger partial charge is 0.147 e. The minimum atomic E-state index is -2.88. The standard InChI is InChI=1S/C14H22ClNO2S/c1-4-16-14(6-5-9-19(3,17)18)12-7-8-13(15)11(2)10-12/h7-8,10,14,16H,4-6,9H2,1-3H3. The van der Waals surface area contributed by atoms with E-state index in [0.717, 1.165) is 29.1 Å². The van der Waals surface area contributed by atoms with Gasteiger partial charge in [-0.05, 0) is 43.5 Å². The largest absolute Gasteiger partial charge is 0.310 e. The number of hydrogen-bond acceptors (Lipinski definition) is 3. The minimum Gasteiger partial charge on any atom is -0.310 e. The molecule has 1 aromatic rings. The molecule has 0 amide bonds. The van der Waals surface area contributed by atoms with Gasteiger partial charge in [0, 0.05) is 23.1 Å². The summed E-state index contributed by atoms with van der Waals surface area (Å²) in [4.78, 5) is 0. The zero-order valence-electron chi connectivity index (χ0n) is 11.7. The second kappa shape index (κ2) is 7.27. The van der Waals surface area contributed by atoms with E-state index in [4.69, 9.17) is 11.6 Å². The molecule has 0 fully saturated rings. The Morgan fingerprint density at radius 2 is 2.05 bits per heavy atom. The van der Waals surface area contributed by atoms with E-state index in [2.05, 4.69) is 11.4 Å². The Hall–Kier alpha value is -0.580. The third-order valence-electron chi connectivity index (χ3n) is 3.04. The fourth-order valence-corrected chi connectivity index (χ4v) is 2.88. The van der Waals surface area contributed by atoms with Gasteiger partial charge in [0.2, 0.25) is 0 Å². The second-order valence-electron chi connectivity index (χ2n) is 4.89. The Morgan fingerprint density at radius 3 is 2.58 bits per heavy atom. The van der Waals surface area contributed by atoms with Gasteiger partial charge in [-0.1, -0.05) is 30.7 Å². The molecule has 0 saturated carbocycles. The number of aryl methyl sites for hydroxylation is 1. The van der Waals surface area contributed by atoms with E-state index >= 15 is 0 Å². The fraction of sp³-hybridized carbons (Fsp3) is 0.571. The van der Waals surface area contributed by atoms with Gasteiger partial charge in [-0.25, -0.2) is 8.42 Å². The topological polar surface area (TPSA) is 46.2 Å². The van der Waals surface area contributed by atoms with Crippen molar-refractivity contribution < 1.29 is 8.42 Å². The molecule has 0 spiro atoms. The first-order chi connectivity index (χ1) is 8.83. The Morgan fingerprint density at radius 1 is 1.37 bits per heavy atom. The lowest BCUT2D eigenvalue weighted by Gasteiger charge is -2.19. The van der Waals surface area contributed by atoms with Crippen molar-refractivity contribution in [3.8, 4) is 0 Å². The van der Waals surface area contributed by atoms with Crippen LogP contribution >= 0.6 is 11.6 Å². The van der Waals surface area contributed by atoms with Crippen LogP contribution in [0.4, 0.5) is 0 Å². The van der Waals surface area contributed by atoms with Gasteiger partial charge in [0.25, 0.3) is 0 Å². The highest BCUT2D eigenvalue weighted by atomic mass is 35.5. The highest BCUT2D eigenvalue weighted by Crippen LogP contribution is 2.23. The van der Waals surface area contributed by atoms with Gasteiger partial charge in [0.05, 0.1) is 0 Å².